The number of halogens is 1. The number of benzene rings is 1. The van der Waals surface area contributed by atoms with Crippen molar-refractivity contribution in [2.75, 3.05) is 13.1 Å². The van der Waals surface area contributed by atoms with E-state index in [0.29, 0.717) is 25.2 Å². The van der Waals surface area contributed by atoms with Gasteiger partial charge in [-0.05, 0) is 53.3 Å². The van der Waals surface area contributed by atoms with Gasteiger partial charge in [-0.15, -0.1) is 0 Å². The molecular formula is C20H21FN4O2S. The van der Waals surface area contributed by atoms with Crippen LogP contribution in [0.3, 0.4) is 0 Å². The first-order valence-electron chi connectivity index (χ1n) is 9.32. The van der Waals surface area contributed by atoms with Gasteiger partial charge in [-0.25, -0.2) is 18.9 Å². The van der Waals surface area contributed by atoms with Crippen molar-refractivity contribution in [2.24, 2.45) is 5.92 Å². The van der Waals surface area contributed by atoms with E-state index in [2.05, 4.69) is 10.2 Å². The van der Waals surface area contributed by atoms with Crippen molar-refractivity contribution in [1.82, 2.24) is 19.7 Å². The normalized spacial score (nSPS) is 17.0. The highest BCUT2D eigenvalue weighted by Crippen LogP contribution is 2.22. The Hall–Kier alpha value is -2.74. The molecule has 3 heterocycles. The van der Waals surface area contributed by atoms with E-state index in [-0.39, 0.29) is 17.5 Å². The molecule has 28 heavy (non-hydrogen) atoms. The summed E-state index contributed by atoms with van der Waals surface area (Å²) in [6, 6.07) is 8.13. The molecule has 1 N–H and O–H groups in total. The van der Waals surface area contributed by atoms with Crippen molar-refractivity contribution in [3.05, 3.63) is 68.8 Å². The molecule has 1 unspecified atom stereocenters. The van der Waals surface area contributed by atoms with Gasteiger partial charge in [-0.3, -0.25) is 4.79 Å². The van der Waals surface area contributed by atoms with Crippen LogP contribution in [0.5, 0.6) is 0 Å². The molecule has 146 valence electrons. The van der Waals surface area contributed by atoms with Crippen LogP contribution in [0.2, 0.25) is 0 Å². The first kappa shape index (κ1) is 18.6. The van der Waals surface area contributed by atoms with Gasteiger partial charge in [-0.1, -0.05) is 12.1 Å². The van der Waals surface area contributed by atoms with Crippen molar-refractivity contribution in [3.8, 4) is 5.69 Å². The van der Waals surface area contributed by atoms with Crippen LogP contribution in [0.15, 0.2) is 45.9 Å². The summed E-state index contributed by atoms with van der Waals surface area (Å²) in [6.45, 7) is 1.38. The molecule has 1 aliphatic rings. The average molecular weight is 400 g/mol. The number of piperidine rings is 1. The molecular weight excluding hydrogens is 379 g/mol. The average Bonchev–Trinajstić information content (AvgIpc) is 3.33. The standard InChI is InChI=1S/C20H21FN4O2S/c21-16-5-1-2-6-17(16)25-18(22-23-20(25)27)10-14-4-3-8-24(12-14)19(26)11-15-7-9-28-13-15/h1-2,5-7,9,13-14H,3-4,8,10-12H2,(H,23,27). The summed E-state index contributed by atoms with van der Waals surface area (Å²) in [6.07, 6.45) is 2.78. The Balaban J connectivity index is 1.48. The minimum atomic E-state index is -0.469. The number of para-hydroxylation sites is 1. The Labute approximate surface area is 165 Å². The Morgan fingerprint density at radius 3 is 2.96 bits per heavy atom. The number of nitrogens with one attached hydrogen (secondary N) is 1. The number of H-pyrrole nitrogens is 1. The Bertz CT molecular complexity index is 1010. The molecule has 0 saturated carbocycles. The second-order valence-electron chi connectivity index (χ2n) is 7.09. The highest BCUT2D eigenvalue weighted by atomic mass is 32.1. The van der Waals surface area contributed by atoms with Gasteiger partial charge in [0.25, 0.3) is 0 Å². The highest BCUT2D eigenvalue weighted by molar-refractivity contribution is 7.08. The van der Waals surface area contributed by atoms with Crippen LogP contribution in [0, 0.1) is 11.7 Å². The predicted octanol–water partition coefficient (Wildman–Crippen LogP) is 2.79. The number of nitrogens with zero attached hydrogens (tertiary/aromatic N) is 3. The zero-order valence-electron chi connectivity index (χ0n) is 15.3. The topological polar surface area (TPSA) is 71.0 Å². The third-order valence-electron chi connectivity index (χ3n) is 5.11. The molecule has 1 amide bonds. The lowest BCUT2D eigenvalue weighted by Crippen LogP contribution is -2.41. The van der Waals surface area contributed by atoms with Crippen molar-refractivity contribution >= 4 is 17.2 Å². The molecule has 4 rings (SSSR count). The van der Waals surface area contributed by atoms with E-state index in [9.17, 15) is 14.0 Å². The molecule has 8 heteroatoms. The summed E-state index contributed by atoms with van der Waals surface area (Å²) in [5.41, 5.74) is 0.775. The number of carbonyl (C=O) groups is 1. The molecule has 1 aromatic carbocycles. The van der Waals surface area contributed by atoms with Crippen molar-refractivity contribution in [2.45, 2.75) is 25.7 Å². The molecule has 0 radical (unpaired) electrons. The summed E-state index contributed by atoms with van der Waals surface area (Å²) in [4.78, 5) is 26.7. The summed E-state index contributed by atoms with van der Waals surface area (Å²) in [7, 11) is 0. The van der Waals surface area contributed by atoms with E-state index < -0.39 is 11.5 Å². The second kappa shape index (κ2) is 8.10. The number of aromatic amines is 1. The maximum atomic E-state index is 14.2. The van der Waals surface area contributed by atoms with E-state index in [1.165, 1.54) is 10.6 Å². The van der Waals surface area contributed by atoms with Gasteiger partial charge >= 0.3 is 5.69 Å². The number of aromatic nitrogens is 3. The molecule has 1 saturated heterocycles. The zero-order chi connectivity index (χ0) is 19.5. The monoisotopic (exact) mass is 400 g/mol. The SMILES string of the molecule is O=C(Cc1ccsc1)N1CCCC(Cc2n[nH]c(=O)n2-c2ccccc2F)C1. The first-order chi connectivity index (χ1) is 13.6. The molecule has 0 bridgehead atoms. The summed E-state index contributed by atoms with van der Waals surface area (Å²) < 4.78 is 15.5. The lowest BCUT2D eigenvalue weighted by Gasteiger charge is -2.32. The fourth-order valence-corrected chi connectivity index (χ4v) is 4.41. The Kier molecular flexibility index (Phi) is 5.38. The fourth-order valence-electron chi connectivity index (χ4n) is 3.74. The lowest BCUT2D eigenvalue weighted by atomic mass is 9.94. The van der Waals surface area contributed by atoms with E-state index in [4.69, 9.17) is 0 Å². The van der Waals surface area contributed by atoms with Crippen LogP contribution in [-0.2, 0) is 17.6 Å². The number of rotatable bonds is 5. The Morgan fingerprint density at radius 2 is 2.18 bits per heavy atom. The molecule has 2 aromatic heterocycles. The van der Waals surface area contributed by atoms with Crippen LogP contribution in [-0.4, -0.2) is 38.7 Å². The van der Waals surface area contributed by atoms with Crippen LogP contribution in [0.25, 0.3) is 5.69 Å². The summed E-state index contributed by atoms with van der Waals surface area (Å²) in [5.74, 6) is 0.327. The molecule has 1 aliphatic heterocycles. The molecule has 0 aliphatic carbocycles. The predicted molar refractivity (Wildman–Crippen MR) is 105 cm³/mol. The van der Waals surface area contributed by atoms with Gasteiger partial charge in [-0.2, -0.15) is 16.4 Å². The number of carbonyl (C=O) groups excluding carboxylic acids is 1. The van der Waals surface area contributed by atoms with Crippen LogP contribution in [0.4, 0.5) is 4.39 Å². The number of likely N-dealkylation sites (tertiary alicyclic amines) is 1. The van der Waals surface area contributed by atoms with Gasteiger partial charge in [0, 0.05) is 19.5 Å². The summed E-state index contributed by atoms with van der Waals surface area (Å²) >= 11 is 1.59. The lowest BCUT2D eigenvalue weighted by molar-refractivity contribution is -0.132. The van der Waals surface area contributed by atoms with Crippen molar-refractivity contribution in [1.29, 1.82) is 0 Å². The summed E-state index contributed by atoms with van der Waals surface area (Å²) in [5, 5.41) is 10.5. The smallest absolute Gasteiger partial charge is 0.342 e. The van der Waals surface area contributed by atoms with Gasteiger partial charge in [0.05, 0.1) is 12.1 Å². The largest absolute Gasteiger partial charge is 0.348 e. The maximum Gasteiger partial charge on any atom is 0.348 e. The van der Waals surface area contributed by atoms with Crippen LogP contribution in [0.1, 0.15) is 24.2 Å². The number of amides is 1. The zero-order valence-corrected chi connectivity index (χ0v) is 16.1. The third kappa shape index (κ3) is 3.91. The Morgan fingerprint density at radius 1 is 1.32 bits per heavy atom. The minimum absolute atomic E-state index is 0.122. The molecule has 0 spiro atoms. The molecule has 1 atom stereocenters. The highest BCUT2D eigenvalue weighted by Gasteiger charge is 2.26. The molecule has 6 nitrogen and oxygen atoms in total. The van der Waals surface area contributed by atoms with E-state index >= 15 is 0 Å². The first-order valence-corrected chi connectivity index (χ1v) is 10.3. The molecule has 1 fully saturated rings. The fraction of sp³-hybridized carbons (Fsp3) is 0.350. The van der Waals surface area contributed by atoms with Gasteiger partial charge in [0.1, 0.15) is 11.6 Å². The quantitative estimate of drug-likeness (QED) is 0.716. The van der Waals surface area contributed by atoms with Crippen molar-refractivity contribution in [3.63, 3.8) is 0 Å². The van der Waals surface area contributed by atoms with Gasteiger partial charge in [0.2, 0.25) is 5.91 Å². The van der Waals surface area contributed by atoms with E-state index in [1.807, 2.05) is 21.7 Å². The molecule has 3 aromatic rings. The minimum Gasteiger partial charge on any atom is -0.342 e. The van der Waals surface area contributed by atoms with Gasteiger partial charge in [0.15, 0.2) is 0 Å². The van der Waals surface area contributed by atoms with Crippen LogP contribution < -0.4 is 5.69 Å². The number of hydrogen-bond donors (Lipinski definition) is 1. The number of thiophene rings is 1. The van der Waals surface area contributed by atoms with E-state index in [1.54, 1.807) is 29.5 Å². The van der Waals surface area contributed by atoms with Gasteiger partial charge < -0.3 is 4.90 Å². The maximum absolute atomic E-state index is 14.2. The van der Waals surface area contributed by atoms with E-state index in [0.717, 1.165) is 24.9 Å². The second-order valence-corrected chi connectivity index (χ2v) is 7.87. The van der Waals surface area contributed by atoms with Crippen molar-refractivity contribution < 1.29 is 9.18 Å². The van der Waals surface area contributed by atoms with Crippen LogP contribution >= 0.6 is 11.3 Å². The third-order valence-corrected chi connectivity index (χ3v) is 5.85. The number of hydrogen-bond acceptors (Lipinski definition) is 4.